The Morgan fingerprint density at radius 3 is 2.88 bits per heavy atom. The highest BCUT2D eigenvalue weighted by molar-refractivity contribution is 4.97. The van der Waals surface area contributed by atoms with Crippen molar-refractivity contribution in [2.45, 2.75) is 37.3 Å². The van der Waals surface area contributed by atoms with Crippen LogP contribution in [-0.2, 0) is 18.2 Å². The minimum absolute atomic E-state index is 0.262. The summed E-state index contributed by atoms with van der Waals surface area (Å²) in [5.74, 6) is 0. The Morgan fingerprint density at radius 1 is 1.53 bits per heavy atom. The zero-order valence-electron chi connectivity index (χ0n) is 9.60. The molecule has 17 heavy (non-hydrogen) atoms. The molecule has 0 saturated carbocycles. The van der Waals surface area contributed by atoms with Gasteiger partial charge in [0, 0.05) is 26.1 Å². The lowest BCUT2D eigenvalue weighted by Gasteiger charge is -2.36. The first-order valence-electron chi connectivity index (χ1n) is 5.57. The molecule has 0 unspecified atom stereocenters. The van der Waals surface area contributed by atoms with E-state index in [1.54, 1.807) is 17.9 Å². The Hall–Kier alpha value is -1.02. The van der Waals surface area contributed by atoms with Crippen LogP contribution in [0, 0.1) is 0 Å². The molecule has 2 rings (SSSR count). The molecule has 4 atom stereocenters. The summed E-state index contributed by atoms with van der Waals surface area (Å²) in [5, 5.41) is 36.0. The van der Waals surface area contributed by atoms with Gasteiger partial charge in [0.15, 0.2) is 0 Å². The monoisotopic (exact) mass is 243 g/mol. The molecule has 96 valence electrons. The molecule has 0 spiro atoms. The zero-order chi connectivity index (χ0) is 12.4. The third-order valence-electron chi connectivity index (χ3n) is 2.91. The average Bonchev–Trinajstić information content (AvgIpc) is 2.69. The predicted molar refractivity (Wildman–Crippen MR) is 57.1 cm³/mol. The fraction of sp³-hybridized carbons (Fsp3) is 0.800. The highest BCUT2D eigenvalue weighted by Gasteiger charge is 2.36. The van der Waals surface area contributed by atoms with Gasteiger partial charge in [-0.2, -0.15) is 0 Å². The summed E-state index contributed by atoms with van der Waals surface area (Å²) in [5.41, 5.74) is 0.762. The molecular weight excluding hydrogens is 226 g/mol. The van der Waals surface area contributed by atoms with Crippen LogP contribution in [0.25, 0.3) is 0 Å². The Bertz CT molecular complexity index is 370. The van der Waals surface area contributed by atoms with E-state index < -0.39 is 18.3 Å². The fourth-order valence-corrected chi connectivity index (χ4v) is 2.04. The van der Waals surface area contributed by atoms with E-state index in [1.807, 2.05) is 0 Å². The normalized spacial score (nSPS) is 33.9. The maximum absolute atomic E-state index is 9.65. The Labute approximate surface area is 98.6 Å². The first-order valence-corrected chi connectivity index (χ1v) is 5.57. The van der Waals surface area contributed by atoms with E-state index in [0.29, 0.717) is 12.8 Å². The SMILES string of the molecule is Cn1cc(C[C@H]2C[C@@H](O)[C@@H](O)[C@@H](CO)O2)nn1. The molecule has 0 amide bonds. The lowest BCUT2D eigenvalue weighted by atomic mass is 9.96. The predicted octanol–water partition coefficient (Wildman–Crippen LogP) is -1.77. The van der Waals surface area contributed by atoms with Crippen molar-refractivity contribution in [3.63, 3.8) is 0 Å². The number of nitrogens with zero attached hydrogens (tertiary/aromatic N) is 3. The molecule has 1 aromatic rings. The molecule has 3 N–H and O–H groups in total. The van der Waals surface area contributed by atoms with Gasteiger partial charge in [-0.25, -0.2) is 0 Å². The number of aliphatic hydroxyl groups excluding tert-OH is 3. The third-order valence-corrected chi connectivity index (χ3v) is 2.91. The van der Waals surface area contributed by atoms with E-state index in [0.717, 1.165) is 5.69 Å². The maximum Gasteiger partial charge on any atom is 0.109 e. The quantitative estimate of drug-likeness (QED) is 0.581. The topological polar surface area (TPSA) is 101 Å². The van der Waals surface area contributed by atoms with Crippen molar-refractivity contribution in [3.05, 3.63) is 11.9 Å². The summed E-state index contributed by atoms with van der Waals surface area (Å²) in [7, 11) is 1.77. The van der Waals surface area contributed by atoms with Crippen LogP contribution in [0.15, 0.2) is 6.20 Å². The van der Waals surface area contributed by atoms with Gasteiger partial charge in [0.25, 0.3) is 0 Å². The van der Waals surface area contributed by atoms with Gasteiger partial charge in [-0.3, -0.25) is 4.68 Å². The van der Waals surface area contributed by atoms with E-state index in [2.05, 4.69) is 10.3 Å². The van der Waals surface area contributed by atoms with E-state index in [-0.39, 0.29) is 12.7 Å². The van der Waals surface area contributed by atoms with Crippen molar-refractivity contribution in [1.82, 2.24) is 15.0 Å². The van der Waals surface area contributed by atoms with Crippen molar-refractivity contribution < 1.29 is 20.1 Å². The number of ether oxygens (including phenoxy) is 1. The molecule has 7 heteroatoms. The molecule has 1 fully saturated rings. The molecule has 1 aromatic heterocycles. The Balaban J connectivity index is 1.98. The fourth-order valence-electron chi connectivity index (χ4n) is 2.04. The molecule has 0 radical (unpaired) electrons. The van der Waals surface area contributed by atoms with Crippen LogP contribution in [0.4, 0.5) is 0 Å². The van der Waals surface area contributed by atoms with Crippen LogP contribution in [0.2, 0.25) is 0 Å². The molecule has 1 aliphatic heterocycles. The highest BCUT2D eigenvalue weighted by Crippen LogP contribution is 2.22. The van der Waals surface area contributed by atoms with Gasteiger partial charge in [0.2, 0.25) is 0 Å². The second-order valence-electron chi connectivity index (χ2n) is 4.36. The van der Waals surface area contributed by atoms with Crippen LogP contribution in [0.5, 0.6) is 0 Å². The highest BCUT2D eigenvalue weighted by atomic mass is 16.5. The van der Waals surface area contributed by atoms with E-state index in [4.69, 9.17) is 9.84 Å². The van der Waals surface area contributed by atoms with Gasteiger partial charge in [0.05, 0.1) is 24.5 Å². The zero-order valence-corrected chi connectivity index (χ0v) is 9.60. The minimum Gasteiger partial charge on any atom is -0.394 e. The van der Waals surface area contributed by atoms with Crippen LogP contribution >= 0.6 is 0 Å². The minimum atomic E-state index is -1.03. The molecular formula is C10H17N3O4. The Kier molecular flexibility index (Phi) is 3.72. The first-order chi connectivity index (χ1) is 8.10. The van der Waals surface area contributed by atoms with Crippen molar-refractivity contribution in [2.75, 3.05) is 6.61 Å². The van der Waals surface area contributed by atoms with Crippen molar-refractivity contribution in [1.29, 1.82) is 0 Å². The third kappa shape index (κ3) is 2.81. The second kappa shape index (κ2) is 5.09. The van der Waals surface area contributed by atoms with Crippen molar-refractivity contribution in [3.8, 4) is 0 Å². The van der Waals surface area contributed by atoms with Gasteiger partial charge >= 0.3 is 0 Å². The smallest absolute Gasteiger partial charge is 0.109 e. The lowest BCUT2D eigenvalue weighted by molar-refractivity contribution is -0.179. The summed E-state index contributed by atoms with van der Waals surface area (Å²) in [4.78, 5) is 0. The van der Waals surface area contributed by atoms with Crippen LogP contribution in [-0.4, -0.2) is 61.3 Å². The second-order valence-corrected chi connectivity index (χ2v) is 4.36. The summed E-state index contributed by atoms with van der Waals surface area (Å²) in [6.45, 7) is -0.310. The molecule has 2 heterocycles. The van der Waals surface area contributed by atoms with E-state index in [1.165, 1.54) is 0 Å². The molecule has 7 nitrogen and oxygen atoms in total. The van der Waals surface area contributed by atoms with Gasteiger partial charge in [-0.1, -0.05) is 5.21 Å². The lowest BCUT2D eigenvalue weighted by Crippen LogP contribution is -2.50. The van der Waals surface area contributed by atoms with Crippen molar-refractivity contribution in [2.24, 2.45) is 7.05 Å². The first kappa shape index (κ1) is 12.4. The Morgan fingerprint density at radius 2 is 2.29 bits per heavy atom. The number of rotatable bonds is 3. The summed E-state index contributed by atoms with van der Waals surface area (Å²) < 4.78 is 7.08. The van der Waals surface area contributed by atoms with Gasteiger partial charge < -0.3 is 20.1 Å². The maximum atomic E-state index is 9.65. The molecule has 0 bridgehead atoms. The number of aryl methyl sites for hydroxylation is 1. The molecule has 1 saturated heterocycles. The van der Waals surface area contributed by atoms with E-state index >= 15 is 0 Å². The van der Waals surface area contributed by atoms with E-state index in [9.17, 15) is 10.2 Å². The molecule has 0 aliphatic carbocycles. The number of hydrogen-bond acceptors (Lipinski definition) is 6. The summed E-state index contributed by atoms with van der Waals surface area (Å²) in [6, 6.07) is 0. The average molecular weight is 243 g/mol. The standard InChI is InChI=1S/C10H17N3O4/c1-13-4-6(11-12-13)2-7-3-8(15)10(16)9(5-14)17-7/h4,7-10,14-16H,2-3,5H2,1H3/t7-,8+,9+,10+/m0/s1. The molecule has 1 aliphatic rings. The summed E-state index contributed by atoms with van der Waals surface area (Å²) >= 11 is 0. The van der Waals surface area contributed by atoms with Crippen LogP contribution < -0.4 is 0 Å². The van der Waals surface area contributed by atoms with Crippen LogP contribution in [0.1, 0.15) is 12.1 Å². The number of aromatic nitrogens is 3. The van der Waals surface area contributed by atoms with Crippen molar-refractivity contribution >= 4 is 0 Å². The van der Waals surface area contributed by atoms with Crippen LogP contribution in [0.3, 0.4) is 0 Å². The van der Waals surface area contributed by atoms with Gasteiger partial charge in [-0.15, -0.1) is 5.10 Å². The summed E-state index contributed by atoms with van der Waals surface area (Å²) in [6.07, 6.45) is -0.291. The number of hydrogen-bond donors (Lipinski definition) is 3. The molecule has 0 aromatic carbocycles. The largest absolute Gasteiger partial charge is 0.394 e. The van der Waals surface area contributed by atoms with Gasteiger partial charge in [-0.05, 0) is 0 Å². The number of aliphatic hydroxyl groups is 3. The van der Waals surface area contributed by atoms with Gasteiger partial charge in [0.1, 0.15) is 12.2 Å².